The van der Waals surface area contributed by atoms with Crippen LogP contribution in [0.5, 0.6) is 0 Å². The molecule has 6 aromatic carbocycles. The Morgan fingerprint density at radius 3 is 2.37 bits per heavy atom. The third-order valence-corrected chi connectivity index (χ3v) is 11.0. The van der Waals surface area contributed by atoms with Crippen LogP contribution in [0.3, 0.4) is 0 Å². The number of nitrogens with zero attached hydrogens (tertiary/aromatic N) is 3. The summed E-state index contributed by atoms with van der Waals surface area (Å²) in [5.74, 6) is 0. The van der Waals surface area contributed by atoms with E-state index in [-0.39, 0.29) is 5.41 Å². The minimum Gasteiger partial charge on any atom is -0.397 e. The molecule has 2 heterocycles. The third-order valence-electron chi connectivity index (χ3n) is 11.0. The second kappa shape index (κ2) is 12.2. The summed E-state index contributed by atoms with van der Waals surface area (Å²) in [6, 6.07) is 40.6. The quantitative estimate of drug-likeness (QED) is 0.0778. The summed E-state index contributed by atoms with van der Waals surface area (Å²) >= 11 is 0. The number of aromatic nitrogens is 1. The molecule has 1 aliphatic carbocycles. The standard InChI is InChI=1S/C48H41N4/c1-5-6-20-34-35-21-15-24-42-47(35)45-31(2)44-41(26-25-37-46(44)36(34)29-48(37,3)4)51(28-27-43(45)52(42)33-18-11-8-12-19-33)30-40(32-16-9-7-10-17-32)50-39-23-14-13-22-38(39)49/h5-28H,1,29-30,49H2,2-4H3/q+1/b20-6-,28-27?,35-34?,36-34?,43-27?,44-31?,45-31?,50-40?. The van der Waals surface area contributed by atoms with E-state index in [1.54, 1.807) is 0 Å². The molecule has 52 heavy (non-hydrogen) atoms. The third kappa shape index (κ3) is 4.90. The summed E-state index contributed by atoms with van der Waals surface area (Å²) < 4.78 is 4.83. The van der Waals surface area contributed by atoms with Crippen LogP contribution in [-0.4, -0.2) is 16.8 Å². The van der Waals surface area contributed by atoms with E-state index >= 15 is 0 Å². The van der Waals surface area contributed by atoms with Gasteiger partial charge in [-0.25, -0.2) is 4.99 Å². The highest BCUT2D eigenvalue weighted by atomic mass is 15.0. The number of hydrogen-bond donors (Lipinski definition) is 1. The SMILES string of the molecule is C=C/C=C\c1c2c3c(ccc4c3c(C)c3c(n(-c5ccccc5)c5cccc1c35)C=C[N+]=4CC(=Nc1ccccc1N)c1ccccc1)C(C)(C)C2. The van der Waals surface area contributed by atoms with E-state index in [4.69, 9.17) is 10.7 Å². The van der Waals surface area contributed by atoms with E-state index in [0.717, 1.165) is 34.8 Å². The normalized spacial score (nSPS) is 14.7. The van der Waals surface area contributed by atoms with Crippen LogP contribution in [-0.2, 0) is 11.8 Å². The Morgan fingerprint density at radius 2 is 1.60 bits per heavy atom. The van der Waals surface area contributed by atoms with Crippen molar-refractivity contribution in [3.8, 4) is 5.69 Å². The highest BCUT2D eigenvalue weighted by Crippen LogP contribution is 2.47. The molecule has 0 spiro atoms. The number of nitrogens with two attached hydrogens (primary N) is 1. The van der Waals surface area contributed by atoms with Gasteiger partial charge in [-0.05, 0) is 82.1 Å². The van der Waals surface area contributed by atoms with Crippen molar-refractivity contribution >= 4 is 61.7 Å². The van der Waals surface area contributed by atoms with Crippen LogP contribution in [0.25, 0.3) is 50.3 Å². The van der Waals surface area contributed by atoms with Crippen LogP contribution in [0.2, 0.25) is 0 Å². The lowest BCUT2D eigenvalue weighted by molar-refractivity contribution is 0.546. The molecule has 2 N–H and O–H groups in total. The number of aliphatic imine (C=N–C) groups is 1. The topological polar surface area (TPSA) is 46.3 Å². The lowest BCUT2D eigenvalue weighted by atomic mass is 9.85. The van der Waals surface area contributed by atoms with Gasteiger partial charge < -0.3 is 10.3 Å². The fourth-order valence-electron chi connectivity index (χ4n) is 8.66. The molecule has 9 rings (SSSR count). The molecule has 0 amide bonds. The molecule has 2 bridgehead atoms. The summed E-state index contributed by atoms with van der Waals surface area (Å²) in [7, 11) is 0. The molecule has 0 fully saturated rings. The van der Waals surface area contributed by atoms with Crippen LogP contribution < -0.4 is 15.7 Å². The van der Waals surface area contributed by atoms with E-state index in [9.17, 15) is 0 Å². The van der Waals surface area contributed by atoms with Gasteiger partial charge in [-0.3, -0.25) is 0 Å². The zero-order valence-corrected chi connectivity index (χ0v) is 29.9. The molecule has 4 nitrogen and oxygen atoms in total. The molecule has 0 saturated heterocycles. The zero-order valence-electron chi connectivity index (χ0n) is 29.9. The predicted molar refractivity (Wildman–Crippen MR) is 222 cm³/mol. The molecule has 2 aliphatic rings. The fourth-order valence-corrected chi connectivity index (χ4v) is 8.66. The van der Waals surface area contributed by atoms with Crippen LogP contribution in [0.1, 0.15) is 47.4 Å². The van der Waals surface area contributed by atoms with Gasteiger partial charge in [-0.15, -0.1) is 0 Å². The first-order chi connectivity index (χ1) is 25.4. The summed E-state index contributed by atoms with van der Waals surface area (Å²) in [5.41, 5.74) is 18.7. The van der Waals surface area contributed by atoms with Crippen molar-refractivity contribution in [3.63, 3.8) is 0 Å². The number of rotatable bonds is 7. The van der Waals surface area contributed by atoms with E-state index < -0.39 is 0 Å². The minimum atomic E-state index is -0.0349. The number of nitrogen functional groups attached to an aromatic ring is 1. The maximum absolute atomic E-state index is 6.48. The largest absolute Gasteiger partial charge is 0.397 e. The Labute approximate surface area is 304 Å². The molecule has 7 aromatic rings. The molecule has 0 saturated carbocycles. The summed E-state index contributed by atoms with van der Waals surface area (Å²) in [4.78, 5) is 5.25. The molecule has 1 aliphatic heterocycles. The van der Waals surface area contributed by atoms with Gasteiger partial charge in [0.15, 0.2) is 12.7 Å². The molecular weight excluding hydrogens is 633 g/mol. The number of allylic oxidation sites excluding steroid dienone is 2. The first-order valence-electron chi connectivity index (χ1n) is 18.1. The molecule has 0 unspecified atom stereocenters. The Kier molecular flexibility index (Phi) is 7.44. The smallest absolute Gasteiger partial charge is 0.213 e. The van der Waals surface area contributed by atoms with Gasteiger partial charge in [-0.1, -0.05) is 118 Å². The zero-order chi connectivity index (χ0) is 35.6. The van der Waals surface area contributed by atoms with E-state index in [2.05, 4.69) is 152 Å². The summed E-state index contributed by atoms with van der Waals surface area (Å²) in [6.07, 6.45) is 11.8. The molecule has 1 aromatic heterocycles. The first-order valence-corrected chi connectivity index (χ1v) is 18.1. The van der Waals surface area contributed by atoms with Crippen molar-refractivity contribution in [2.75, 3.05) is 12.3 Å². The predicted octanol–water partition coefficient (Wildman–Crippen LogP) is 10.4. The fraction of sp³-hybridized carbons (Fsp3) is 0.125. The molecule has 0 atom stereocenters. The highest BCUT2D eigenvalue weighted by molar-refractivity contribution is 6.19. The number of benzene rings is 5. The van der Waals surface area contributed by atoms with E-state index in [0.29, 0.717) is 12.2 Å². The van der Waals surface area contributed by atoms with Crippen molar-refractivity contribution < 1.29 is 0 Å². The van der Waals surface area contributed by atoms with Crippen LogP contribution >= 0.6 is 0 Å². The summed E-state index contributed by atoms with van der Waals surface area (Å²) in [6.45, 7) is 11.7. The number of hydrogen-bond acceptors (Lipinski definition) is 2. The van der Waals surface area contributed by atoms with Crippen molar-refractivity contribution in [1.29, 1.82) is 0 Å². The van der Waals surface area contributed by atoms with Crippen molar-refractivity contribution in [1.82, 2.24) is 9.14 Å². The number of anilines is 1. The van der Waals surface area contributed by atoms with Crippen LogP contribution in [0, 0.1) is 6.92 Å². The second-order valence-corrected chi connectivity index (χ2v) is 14.6. The van der Waals surface area contributed by atoms with Gasteiger partial charge in [0.1, 0.15) is 5.71 Å². The Bertz CT molecular complexity index is 2780. The Balaban J connectivity index is 1.48. The number of para-hydroxylation sites is 3. The number of aryl methyl sites for hydroxylation is 1. The van der Waals surface area contributed by atoms with Gasteiger partial charge in [0.25, 0.3) is 0 Å². The molecular formula is C48H41N4+. The van der Waals surface area contributed by atoms with Crippen molar-refractivity contribution in [2.24, 2.45) is 4.99 Å². The van der Waals surface area contributed by atoms with E-state index in [1.165, 1.54) is 60.1 Å². The van der Waals surface area contributed by atoms with Gasteiger partial charge in [0.2, 0.25) is 5.36 Å². The lowest BCUT2D eigenvalue weighted by Gasteiger charge is -2.19. The maximum Gasteiger partial charge on any atom is 0.213 e. The van der Waals surface area contributed by atoms with Crippen LogP contribution in [0.4, 0.5) is 11.4 Å². The average Bonchev–Trinajstić information content (AvgIpc) is 3.63. The van der Waals surface area contributed by atoms with Gasteiger partial charge in [0.05, 0.1) is 28.0 Å². The average molecular weight is 674 g/mol. The van der Waals surface area contributed by atoms with Gasteiger partial charge in [0, 0.05) is 34.2 Å². The monoisotopic (exact) mass is 673 g/mol. The Hall–Kier alpha value is -6.26. The first kappa shape index (κ1) is 31.7. The minimum absolute atomic E-state index is 0.0349. The van der Waals surface area contributed by atoms with E-state index in [1.807, 2.05) is 30.3 Å². The molecule has 0 radical (unpaired) electrons. The van der Waals surface area contributed by atoms with Crippen molar-refractivity contribution in [2.45, 2.75) is 32.6 Å². The van der Waals surface area contributed by atoms with Crippen LogP contribution in [0.15, 0.2) is 145 Å². The summed E-state index contributed by atoms with van der Waals surface area (Å²) in [5, 5.41) is 7.65. The second-order valence-electron chi connectivity index (χ2n) is 14.6. The Morgan fingerprint density at radius 1 is 0.846 bits per heavy atom. The maximum atomic E-state index is 6.48. The van der Waals surface area contributed by atoms with Gasteiger partial charge in [-0.2, -0.15) is 4.58 Å². The highest BCUT2D eigenvalue weighted by Gasteiger charge is 2.35. The molecule has 4 heteroatoms. The lowest BCUT2D eigenvalue weighted by Crippen LogP contribution is -2.32. The van der Waals surface area contributed by atoms with Crippen molar-refractivity contribution in [3.05, 3.63) is 179 Å². The van der Waals surface area contributed by atoms with Gasteiger partial charge >= 0.3 is 0 Å². The molecule has 252 valence electrons.